The molecule has 2 unspecified atom stereocenters. The highest BCUT2D eigenvalue weighted by Gasteiger charge is 2.66. The number of carbonyl (C=O) groups excluding carboxylic acids is 1. The average molecular weight is 993 g/mol. The first-order valence-electron chi connectivity index (χ1n) is 24.6. The molecule has 71 heavy (non-hydrogen) atoms. The summed E-state index contributed by atoms with van der Waals surface area (Å²) in [5.74, 6) is 1.44. The van der Waals surface area contributed by atoms with E-state index in [0.717, 1.165) is 106 Å². The molecule has 1 aliphatic heterocycles. The van der Waals surface area contributed by atoms with E-state index in [1.54, 1.807) is 35.6 Å². The zero-order valence-corrected chi connectivity index (χ0v) is 42.9. The van der Waals surface area contributed by atoms with Gasteiger partial charge in [-0.3, -0.25) is 8.86 Å². The lowest BCUT2D eigenvalue weighted by atomic mass is 9.39. The van der Waals surface area contributed by atoms with Gasteiger partial charge in [0.25, 0.3) is 10.1 Å². The smallest absolute Gasteiger partial charge is 0.358 e. The van der Waals surface area contributed by atoms with Gasteiger partial charge < -0.3 is 19.7 Å². The van der Waals surface area contributed by atoms with Crippen molar-refractivity contribution in [1.82, 2.24) is 29.9 Å². The lowest BCUT2D eigenvalue weighted by molar-refractivity contribution is -0.249. The molecule has 368 valence electrons. The van der Waals surface area contributed by atoms with Gasteiger partial charge in [0, 0.05) is 41.0 Å². The highest BCUT2D eigenvalue weighted by atomic mass is 32.2. The first-order valence-corrected chi connectivity index (χ1v) is 26.8. The van der Waals surface area contributed by atoms with Gasteiger partial charge in [-0.1, -0.05) is 84.8 Å². The zero-order valence-electron chi connectivity index (χ0n) is 41.2. The Morgan fingerprint density at radius 2 is 1.54 bits per heavy atom. The predicted octanol–water partition coefficient (Wildman–Crippen LogP) is 11.3. The Hall–Kier alpha value is -6.07. The lowest BCUT2D eigenvalue weighted by Crippen LogP contribution is -2.64. The van der Waals surface area contributed by atoms with Crippen LogP contribution in [0.15, 0.2) is 96.0 Å². The standard InChI is InChI=1S/C55H60N8O6S2/c1-35-13-17-39(18-14-35)27-67-50(64)47-42(21-22-46(58-47)62-23-9-10-41-37(3)48(60-61-49(41)62)59-51-57-44-11-7-8-12-45(44)70-51)43-26-56-63(38(43)4)34-54-29-52(5)28-53(6,30-54)32-55(31-52,33-54)68-24-25-69-71(65,66)40-19-15-36(2)16-20-40/h7-8,11-22,26H,9-10,23-25,27-34H2,1-6H3,(H,57,59,60). The second kappa shape index (κ2) is 17.9. The monoisotopic (exact) mass is 992 g/mol. The summed E-state index contributed by atoms with van der Waals surface area (Å²) < 4.78 is 47.6. The Labute approximate surface area is 419 Å². The van der Waals surface area contributed by atoms with Gasteiger partial charge >= 0.3 is 5.97 Å². The molecule has 0 spiro atoms. The molecule has 0 amide bonds. The summed E-state index contributed by atoms with van der Waals surface area (Å²) in [6.07, 6.45) is 9.43. The van der Waals surface area contributed by atoms with Crippen molar-refractivity contribution in [1.29, 1.82) is 0 Å². The van der Waals surface area contributed by atoms with Gasteiger partial charge in [0.2, 0.25) is 0 Å². The predicted molar refractivity (Wildman–Crippen MR) is 275 cm³/mol. The molecule has 4 aromatic heterocycles. The average Bonchev–Trinajstić information content (AvgIpc) is 3.91. The zero-order chi connectivity index (χ0) is 49.3. The van der Waals surface area contributed by atoms with Gasteiger partial charge in [0.15, 0.2) is 22.5 Å². The Kier molecular flexibility index (Phi) is 11.9. The molecule has 0 radical (unpaired) electrons. The number of thiazole rings is 1. The summed E-state index contributed by atoms with van der Waals surface area (Å²) in [5, 5.41) is 18.7. The number of hydrogen-bond donors (Lipinski definition) is 1. The van der Waals surface area contributed by atoms with Crippen molar-refractivity contribution in [2.24, 2.45) is 16.2 Å². The van der Waals surface area contributed by atoms with Gasteiger partial charge in [-0.2, -0.15) is 13.5 Å². The fraction of sp³-hybridized carbons (Fsp3) is 0.418. The van der Waals surface area contributed by atoms with E-state index in [1.807, 2.05) is 74.6 Å². The maximum atomic E-state index is 14.4. The number of ether oxygens (including phenoxy) is 2. The molecular formula is C55H60N8O6S2. The summed E-state index contributed by atoms with van der Waals surface area (Å²) >= 11 is 1.58. The first-order chi connectivity index (χ1) is 34.0. The number of fused-ring (bicyclic) bond motifs is 2. The third-order valence-corrected chi connectivity index (χ3v) is 17.6. The molecule has 5 aliphatic rings. The van der Waals surface area contributed by atoms with Crippen molar-refractivity contribution in [3.05, 3.63) is 130 Å². The molecule has 4 aliphatic carbocycles. The van der Waals surface area contributed by atoms with Crippen molar-refractivity contribution < 1.29 is 26.9 Å². The van der Waals surface area contributed by atoms with E-state index in [0.29, 0.717) is 36.1 Å². The summed E-state index contributed by atoms with van der Waals surface area (Å²) in [4.78, 5) is 26.5. The minimum atomic E-state index is -3.91. The highest BCUT2D eigenvalue weighted by Crippen LogP contribution is 2.72. The summed E-state index contributed by atoms with van der Waals surface area (Å²) in [6, 6.07) is 26.6. The van der Waals surface area contributed by atoms with Crippen LogP contribution in [0.25, 0.3) is 21.3 Å². The van der Waals surface area contributed by atoms with Crippen molar-refractivity contribution >= 4 is 60.2 Å². The number of aryl methyl sites for hydroxylation is 2. The maximum absolute atomic E-state index is 14.4. The van der Waals surface area contributed by atoms with Crippen molar-refractivity contribution in [3.63, 3.8) is 0 Å². The van der Waals surface area contributed by atoms with Crippen LogP contribution < -0.4 is 10.2 Å². The minimum absolute atomic E-state index is 0.0514. The normalized spacial score (nSPS) is 23.5. The molecule has 4 bridgehead atoms. The van der Waals surface area contributed by atoms with Crippen LogP contribution in [0.4, 0.5) is 22.6 Å². The topological polar surface area (TPSA) is 164 Å². The molecule has 1 N–H and O–H groups in total. The van der Waals surface area contributed by atoms with Crippen molar-refractivity contribution in [2.45, 2.75) is 117 Å². The van der Waals surface area contributed by atoms with E-state index >= 15 is 0 Å². The number of carbonyl (C=O) groups is 1. The number of pyridine rings is 1. The molecule has 2 atom stereocenters. The third kappa shape index (κ3) is 9.24. The Morgan fingerprint density at radius 3 is 2.28 bits per heavy atom. The largest absolute Gasteiger partial charge is 0.456 e. The van der Waals surface area contributed by atoms with Gasteiger partial charge in [0.05, 0.1) is 40.1 Å². The fourth-order valence-corrected chi connectivity index (χ4v) is 15.1. The van der Waals surface area contributed by atoms with Crippen LogP contribution in [0.1, 0.15) is 103 Å². The SMILES string of the molecule is Cc1ccc(COC(=O)c2nc(N3CCCc4c3nnc(Nc3nc5ccccc5s3)c4C)ccc2-c2cnn(CC34CC5(C)CC(C)(C3)CC(OCCOS(=O)(=O)c3ccc(C)cc3)(C5)C4)c2C)cc1. The fourth-order valence-electron chi connectivity index (χ4n) is 13.3. The Morgan fingerprint density at radius 1 is 0.803 bits per heavy atom. The van der Waals surface area contributed by atoms with Gasteiger partial charge in [-0.15, -0.1) is 10.2 Å². The van der Waals surface area contributed by atoms with Crippen molar-refractivity contribution in [2.75, 3.05) is 30.0 Å². The number of hydrogen-bond acceptors (Lipinski definition) is 14. The number of aromatic nitrogens is 6. The van der Waals surface area contributed by atoms with Crippen LogP contribution in [0.5, 0.6) is 0 Å². The van der Waals surface area contributed by atoms with E-state index in [1.165, 1.54) is 0 Å². The van der Waals surface area contributed by atoms with E-state index in [2.05, 4.69) is 53.8 Å². The van der Waals surface area contributed by atoms with Crippen LogP contribution >= 0.6 is 11.3 Å². The first kappa shape index (κ1) is 47.3. The van der Waals surface area contributed by atoms with Gasteiger partial charge in [-0.05, 0) is 137 Å². The highest BCUT2D eigenvalue weighted by molar-refractivity contribution is 7.86. The number of anilines is 4. The van der Waals surface area contributed by atoms with E-state index in [-0.39, 0.29) is 46.7 Å². The van der Waals surface area contributed by atoms with E-state index in [9.17, 15) is 13.2 Å². The van der Waals surface area contributed by atoms with E-state index in [4.69, 9.17) is 33.8 Å². The number of rotatable bonds is 15. The number of para-hydroxylation sites is 1. The second-order valence-electron chi connectivity index (χ2n) is 21.6. The van der Waals surface area contributed by atoms with Crippen LogP contribution in [0.2, 0.25) is 0 Å². The number of esters is 1. The Balaban J connectivity index is 0.866. The quantitative estimate of drug-likeness (QED) is 0.0587. The van der Waals surface area contributed by atoms with Crippen molar-refractivity contribution in [3.8, 4) is 11.1 Å². The van der Waals surface area contributed by atoms with Crippen LogP contribution in [-0.4, -0.2) is 69.7 Å². The maximum Gasteiger partial charge on any atom is 0.358 e. The molecule has 14 nitrogen and oxygen atoms in total. The minimum Gasteiger partial charge on any atom is -0.456 e. The third-order valence-electron chi connectivity index (χ3n) is 15.3. The molecule has 12 rings (SSSR count). The molecule has 16 heteroatoms. The second-order valence-corrected chi connectivity index (χ2v) is 24.2. The van der Waals surface area contributed by atoms with Crippen LogP contribution in [-0.2, 0) is 43.3 Å². The Bertz CT molecular complexity index is 3250. The van der Waals surface area contributed by atoms with E-state index < -0.39 is 21.7 Å². The number of benzene rings is 3. The molecule has 5 heterocycles. The summed E-state index contributed by atoms with van der Waals surface area (Å²) in [5.41, 5.74) is 8.18. The molecule has 4 saturated carbocycles. The number of nitrogens with zero attached hydrogens (tertiary/aromatic N) is 7. The molecule has 4 fully saturated rings. The van der Waals surface area contributed by atoms with Crippen LogP contribution in [0, 0.1) is 43.9 Å². The molecule has 0 saturated heterocycles. The number of nitrogens with one attached hydrogen (secondary N) is 1. The summed E-state index contributed by atoms with van der Waals surface area (Å²) in [7, 11) is -3.91. The van der Waals surface area contributed by atoms with Gasteiger partial charge in [-0.25, -0.2) is 14.8 Å². The molecule has 7 aromatic rings. The molecular weight excluding hydrogens is 933 g/mol. The lowest BCUT2D eigenvalue weighted by Gasteiger charge is -2.69. The summed E-state index contributed by atoms with van der Waals surface area (Å²) in [6.45, 7) is 14.4. The van der Waals surface area contributed by atoms with Crippen LogP contribution in [0.3, 0.4) is 0 Å². The van der Waals surface area contributed by atoms with Gasteiger partial charge in [0.1, 0.15) is 12.4 Å². The molecule has 3 aromatic carbocycles.